The van der Waals surface area contributed by atoms with Crippen LogP contribution in [0.25, 0.3) is 0 Å². The topological polar surface area (TPSA) is 113 Å². The third-order valence-corrected chi connectivity index (χ3v) is 6.37. The van der Waals surface area contributed by atoms with Crippen molar-refractivity contribution in [3.05, 3.63) is 58.7 Å². The number of nitrogens with one attached hydrogen (secondary N) is 2. The van der Waals surface area contributed by atoms with E-state index in [0.717, 1.165) is 16.7 Å². The highest BCUT2D eigenvalue weighted by molar-refractivity contribution is 7.90. The number of hydrogen-bond acceptors (Lipinski definition) is 5. The standard InChI is InChI=1S/C20H21N3O5S/c1-12-8-13(2)19(14(3)9-12)22-17(24)10-21-18(25)11-23-20(26)15-6-4-5-7-16(15)29(23,27)28/h4-9H,10-11H2,1-3H3,(H,21,25)(H,22,24). The zero-order valence-electron chi connectivity index (χ0n) is 16.3. The van der Waals surface area contributed by atoms with Gasteiger partial charge >= 0.3 is 0 Å². The first kappa shape index (κ1) is 20.5. The van der Waals surface area contributed by atoms with Crippen molar-refractivity contribution in [2.24, 2.45) is 0 Å². The van der Waals surface area contributed by atoms with Crippen molar-refractivity contribution >= 4 is 33.4 Å². The minimum Gasteiger partial charge on any atom is -0.345 e. The van der Waals surface area contributed by atoms with Gasteiger partial charge in [0.1, 0.15) is 11.4 Å². The zero-order valence-corrected chi connectivity index (χ0v) is 17.1. The summed E-state index contributed by atoms with van der Waals surface area (Å²) in [5, 5.41) is 5.10. The second-order valence-electron chi connectivity index (χ2n) is 6.91. The lowest BCUT2D eigenvalue weighted by Crippen LogP contribution is -2.42. The fraction of sp³-hybridized carbons (Fsp3) is 0.250. The highest BCUT2D eigenvalue weighted by Gasteiger charge is 2.41. The molecular weight excluding hydrogens is 394 g/mol. The molecule has 0 unspecified atom stereocenters. The summed E-state index contributed by atoms with van der Waals surface area (Å²) >= 11 is 0. The van der Waals surface area contributed by atoms with E-state index in [-0.39, 0.29) is 17.0 Å². The maximum Gasteiger partial charge on any atom is 0.269 e. The van der Waals surface area contributed by atoms with Crippen molar-refractivity contribution < 1.29 is 22.8 Å². The molecule has 3 amide bonds. The molecule has 0 aliphatic carbocycles. The number of sulfonamides is 1. The number of nitrogens with zero attached hydrogens (tertiary/aromatic N) is 1. The van der Waals surface area contributed by atoms with E-state index in [0.29, 0.717) is 9.99 Å². The number of fused-ring (bicyclic) bond motifs is 1. The van der Waals surface area contributed by atoms with Crippen LogP contribution in [0.4, 0.5) is 5.69 Å². The number of benzene rings is 2. The van der Waals surface area contributed by atoms with Gasteiger partial charge in [-0.15, -0.1) is 0 Å². The van der Waals surface area contributed by atoms with Gasteiger partial charge < -0.3 is 10.6 Å². The van der Waals surface area contributed by atoms with Gasteiger partial charge in [-0.1, -0.05) is 29.8 Å². The second-order valence-corrected chi connectivity index (χ2v) is 8.74. The first-order chi connectivity index (χ1) is 13.6. The van der Waals surface area contributed by atoms with Crippen molar-refractivity contribution in [3.8, 4) is 0 Å². The predicted octanol–water partition coefficient (Wildman–Crippen LogP) is 1.51. The van der Waals surface area contributed by atoms with Crippen LogP contribution in [-0.2, 0) is 19.6 Å². The molecule has 2 aromatic rings. The molecule has 1 heterocycles. The molecule has 29 heavy (non-hydrogen) atoms. The lowest BCUT2D eigenvalue weighted by molar-refractivity contribution is -0.124. The molecule has 0 saturated heterocycles. The van der Waals surface area contributed by atoms with Crippen molar-refractivity contribution in [1.82, 2.24) is 9.62 Å². The van der Waals surface area contributed by atoms with Crippen LogP contribution >= 0.6 is 0 Å². The Hall–Kier alpha value is -3.20. The fourth-order valence-electron chi connectivity index (χ4n) is 3.31. The van der Waals surface area contributed by atoms with Crippen molar-refractivity contribution in [2.75, 3.05) is 18.4 Å². The Bertz CT molecular complexity index is 1100. The largest absolute Gasteiger partial charge is 0.345 e. The molecule has 8 nitrogen and oxygen atoms in total. The van der Waals surface area contributed by atoms with Gasteiger partial charge in [0.05, 0.1) is 12.1 Å². The average molecular weight is 415 g/mol. The van der Waals surface area contributed by atoms with Crippen LogP contribution in [0, 0.1) is 20.8 Å². The molecule has 2 aromatic carbocycles. The van der Waals surface area contributed by atoms with Crippen molar-refractivity contribution in [3.63, 3.8) is 0 Å². The Balaban J connectivity index is 1.61. The highest BCUT2D eigenvalue weighted by Crippen LogP contribution is 2.29. The second kappa shape index (κ2) is 7.67. The summed E-state index contributed by atoms with van der Waals surface area (Å²) < 4.78 is 25.4. The van der Waals surface area contributed by atoms with E-state index in [1.54, 1.807) is 6.07 Å². The van der Waals surface area contributed by atoms with Gasteiger partial charge in [-0.25, -0.2) is 12.7 Å². The molecule has 9 heteroatoms. The third kappa shape index (κ3) is 4.00. The summed E-state index contributed by atoms with van der Waals surface area (Å²) in [6.07, 6.45) is 0. The first-order valence-electron chi connectivity index (χ1n) is 8.91. The maximum atomic E-state index is 12.5. The summed E-state index contributed by atoms with van der Waals surface area (Å²) in [4.78, 5) is 36.6. The molecule has 0 aromatic heterocycles. The molecule has 3 rings (SSSR count). The Morgan fingerprint density at radius 1 is 1.00 bits per heavy atom. The lowest BCUT2D eigenvalue weighted by atomic mass is 10.1. The number of rotatable bonds is 5. The van der Waals surface area contributed by atoms with E-state index in [1.807, 2.05) is 32.9 Å². The molecule has 0 radical (unpaired) electrons. The van der Waals surface area contributed by atoms with E-state index < -0.39 is 34.3 Å². The summed E-state index contributed by atoms with van der Waals surface area (Å²) in [6, 6.07) is 9.64. The number of aryl methyl sites for hydroxylation is 3. The lowest BCUT2D eigenvalue weighted by Gasteiger charge is -2.15. The highest BCUT2D eigenvalue weighted by atomic mass is 32.2. The van der Waals surface area contributed by atoms with Crippen molar-refractivity contribution in [2.45, 2.75) is 25.7 Å². The minimum absolute atomic E-state index is 0.0309. The molecule has 1 aliphatic rings. The Morgan fingerprint density at radius 3 is 2.24 bits per heavy atom. The van der Waals surface area contributed by atoms with Crippen LogP contribution in [0.15, 0.2) is 41.3 Å². The van der Waals surface area contributed by atoms with Crippen LogP contribution in [-0.4, -0.2) is 43.5 Å². The smallest absolute Gasteiger partial charge is 0.269 e. The quantitative estimate of drug-likeness (QED) is 0.769. The molecule has 0 saturated carbocycles. The summed E-state index contributed by atoms with van der Waals surface area (Å²) in [7, 11) is -4.07. The van der Waals surface area contributed by atoms with Gasteiger partial charge in [-0.3, -0.25) is 14.4 Å². The molecule has 2 N–H and O–H groups in total. The Kier molecular flexibility index (Phi) is 5.43. The van der Waals surface area contributed by atoms with Crippen LogP contribution in [0.2, 0.25) is 0 Å². The van der Waals surface area contributed by atoms with Crippen LogP contribution in [0.1, 0.15) is 27.0 Å². The molecule has 0 bridgehead atoms. The van der Waals surface area contributed by atoms with E-state index in [2.05, 4.69) is 10.6 Å². The number of amides is 3. The molecule has 152 valence electrons. The maximum absolute atomic E-state index is 12.5. The third-order valence-electron chi connectivity index (χ3n) is 4.59. The average Bonchev–Trinajstić information content (AvgIpc) is 2.84. The number of carbonyl (C=O) groups is 3. The normalized spacial score (nSPS) is 14.4. The van der Waals surface area contributed by atoms with E-state index in [4.69, 9.17) is 0 Å². The first-order valence-corrected chi connectivity index (χ1v) is 10.4. The van der Waals surface area contributed by atoms with Gasteiger partial charge in [0.25, 0.3) is 15.9 Å². The number of carbonyl (C=O) groups excluding carboxylic acids is 3. The van der Waals surface area contributed by atoms with E-state index in [9.17, 15) is 22.8 Å². The molecule has 0 atom stereocenters. The molecule has 1 aliphatic heterocycles. The van der Waals surface area contributed by atoms with E-state index >= 15 is 0 Å². The van der Waals surface area contributed by atoms with Gasteiger partial charge in [0, 0.05) is 5.69 Å². The van der Waals surface area contributed by atoms with Gasteiger partial charge in [-0.05, 0) is 44.0 Å². The van der Waals surface area contributed by atoms with E-state index in [1.165, 1.54) is 18.2 Å². The Labute approximate surface area is 169 Å². The molecular formula is C20H21N3O5S. The monoisotopic (exact) mass is 415 g/mol. The zero-order chi connectivity index (χ0) is 21.3. The van der Waals surface area contributed by atoms with Crippen LogP contribution in [0.5, 0.6) is 0 Å². The number of hydrogen-bond donors (Lipinski definition) is 2. The molecule has 0 spiro atoms. The molecule has 0 fully saturated rings. The Morgan fingerprint density at radius 2 is 1.62 bits per heavy atom. The van der Waals surface area contributed by atoms with Gasteiger partial charge in [0.15, 0.2) is 0 Å². The summed E-state index contributed by atoms with van der Waals surface area (Å²) in [5.74, 6) is -1.96. The fourth-order valence-corrected chi connectivity index (χ4v) is 4.84. The minimum atomic E-state index is -4.07. The summed E-state index contributed by atoms with van der Waals surface area (Å²) in [5.41, 5.74) is 3.57. The van der Waals surface area contributed by atoms with Crippen molar-refractivity contribution in [1.29, 1.82) is 0 Å². The predicted molar refractivity (Wildman–Crippen MR) is 107 cm³/mol. The van der Waals surface area contributed by atoms with Crippen LogP contribution in [0.3, 0.4) is 0 Å². The SMILES string of the molecule is Cc1cc(C)c(NC(=O)CNC(=O)CN2C(=O)c3ccccc3S2(=O)=O)c(C)c1. The number of anilines is 1. The van der Waals surface area contributed by atoms with Gasteiger partial charge in [-0.2, -0.15) is 0 Å². The summed E-state index contributed by atoms with van der Waals surface area (Å²) in [6.45, 7) is 4.66. The van der Waals surface area contributed by atoms with Gasteiger partial charge in [0.2, 0.25) is 11.8 Å². The van der Waals surface area contributed by atoms with Crippen LogP contribution < -0.4 is 10.6 Å².